The van der Waals surface area contributed by atoms with Gasteiger partial charge in [0.25, 0.3) is 0 Å². The van der Waals surface area contributed by atoms with Crippen LogP contribution < -0.4 is 0 Å². The third-order valence-corrected chi connectivity index (χ3v) is 7.05. The van der Waals surface area contributed by atoms with Crippen molar-refractivity contribution in [2.45, 2.75) is 39.3 Å². The lowest BCUT2D eigenvalue weighted by atomic mass is 10.0. The number of hydrogen-bond acceptors (Lipinski definition) is 4. The Kier molecular flexibility index (Phi) is 5.95. The van der Waals surface area contributed by atoms with E-state index in [-0.39, 0.29) is 5.82 Å². The van der Waals surface area contributed by atoms with Gasteiger partial charge in [0.15, 0.2) is 0 Å². The van der Waals surface area contributed by atoms with E-state index in [2.05, 4.69) is 30.7 Å². The molecule has 0 radical (unpaired) electrons. The van der Waals surface area contributed by atoms with Crippen LogP contribution in [-0.4, -0.2) is 33.8 Å². The minimum absolute atomic E-state index is 0.247. The van der Waals surface area contributed by atoms with Gasteiger partial charge in [-0.15, -0.1) is 0 Å². The summed E-state index contributed by atoms with van der Waals surface area (Å²) in [6, 6.07) is 12.1. The van der Waals surface area contributed by atoms with Crippen molar-refractivity contribution in [3.63, 3.8) is 0 Å². The van der Waals surface area contributed by atoms with E-state index in [0.717, 1.165) is 28.4 Å². The zero-order valence-corrected chi connectivity index (χ0v) is 19.8. The first kappa shape index (κ1) is 21.9. The average molecular weight is 448 g/mol. The lowest BCUT2D eigenvalue weighted by molar-refractivity contribution is 0.0788. The zero-order chi connectivity index (χ0) is 22.9. The second-order valence-electron chi connectivity index (χ2n) is 9.14. The van der Waals surface area contributed by atoms with Gasteiger partial charge in [0.05, 0.1) is 6.20 Å². The summed E-state index contributed by atoms with van der Waals surface area (Å²) >= 11 is 0. The number of ether oxygens (including phenoxy) is 1. The van der Waals surface area contributed by atoms with Crippen molar-refractivity contribution in [2.24, 2.45) is 0 Å². The average Bonchev–Trinajstić information content (AvgIpc) is 3.36. The van der Waals surface area contributed by atoms with Crippen LogP contribution in [-0.2, 0) is 11.5 Å². The number of aryl methyl sites for hydroxylation is 1. The summed E-state index contributed by atoms with van der Waals surface area (Å²) in [6.07, 6.45) is 5.38. The molecule has 0 saturated heterocycles. The summed E-state index contributed by atoms with van der Waals surface area (Å²) in [5.74, 6) is -0.247. The second kappa shape index (κ2) is 8.69. The molecule has 6 nitrogen and oxygen atoms in total. The van der Waals surface area contributed by atoms with Crippen LogP contribution in [0.25, 0.3) is 28.0 Å². The molecule has 0 fully saturated rings. The molecule has 0 bridgehead atoms. The molecule has 0 aliphatic rings. The highest BCUT2D eigenvalue weighted by Gasteiger charge is 2.17. The lowest BCUT2D eigenvalue weighted by Crippen LogP contribution is -2.22. The first-order chi connectivity index (χ1) is 15.2. The highest BCUT2D eigenvalue weighted by atomic mass is 28.3. The van der Waals surface area contributed by atoms with E-state index in [1.54, 1.807) is 34.3 Å². The van der Waals surface area contributed by atoms with Gasteiger partial charge in [0.2, 0.25) is 0 Å². The Morgan fingerprint density at radius 3 is 2.62 bits per heavy atom. The van der Waals surface area contributed by atoms with Gasteiger partial charge in [-0.2, -0.15) is 10.4 Å². The number of hydrogen-bond donors (Lipinski definition) is 0. The largest absolute Gasteiger partial charge is 0.360 e. The van der Waals surface area contributed by atoms with Crippen LogP contribution in [0.1, 0.15) is 11.3 Å². The molecule has 8 heteroatoms. The molecular weight excluding hydrogens is 421 g/mol. The third kappa shape index (κ3) is 4.64. The highest BCUT2D eigenvalue weighted by molar-refractivity contribution is 6.76. The Morgan fingerprint density at radius 1 is 1.12 bits per heavy atom. The standard InChI is InChI=1S/C24H26FN5OSi/c1-17-11-18(5-7-22(17)25)24-21(15-29(28-24)16-31-9-10-32(2,3)4)19-6-8-23-27-13-20(12-26)30(23)14-19/h5-8,11,13-15H,9-10,16H2,1-4H3. The van der Waals surface area contributed by atoms with Gasteiger partial charge in [-0.25, -0.2) is 14.1 Å². The van der Waals surface area contributed by atoms with Crippen LogP contribution >= 0.6 is 0 Å². The van der Waals surface area contributed by atoms with E-state index in [0.29, 0.717) is 30.2 Å². The first-order valence-electron chi connectivity index (χ1n) is 10.5. The molecule has 32 heavy (non-hydrogen) atoms. The molecule has 0 amide bonds. The smallest absolute Gasteiger partial charge is 0.144 e. The van der Waals surface area contributed by atoms with E-state index >= 15 is 0 Å². The fourth-order valence-electron chi connectivity index (χ4n) is 3.46. The van der Waals surface area contributed by atoms with Gasteiger partial charge in [0, 0.05) is 43.8 Å². The Balaban J connectivity index is 1.73. The molecule has 0 N–H and O–H groups in total. The molecule has 0 spiro atoms. The molecule has 164 valence electrons. The van der Waals surface area contributed by atoms with E-state index in [1.165, 1.54) is 6.07 Å². The van der Waals surface area contributed by atoms with Gasteiger partial charge in [-0.3, -0.25) is 4.40 Å². The number of pyridine rings is 1. The van der Waals surface area contributed by atoms with Crippen LogP contribution in [0.5, 0.6) is 0 Å². The Hall–Kier alpha value is -3.28. The van der Waals surface area contributed by atoms with Gasteiger partial charge in [-0.1, -0.05) is 19.6 Å². The summed E-state index contributed by atoms with van der Waals surface area (Å²) in [7, 11) is -1.17. The minimum Gasteiger partial charge on any atom is -0.360 e. The summed E-state index contributed by atoms with van der Waals surface area (Å²) in [5, 5.41) is 14.1. The van der Waals surface area contributed by atoms with Crippen LogP contribution in [0.15, 0.2) is 48.9 Å². The number of nitrogens with zero attached hydrogens (tertiary/aromatic N) is 5. The van der Waals surface area contributed by atoms with E-state index in [9.17, 15) is 9.65 Å². The van der Waals surface area contributed by atoms with Crippen molar-refractivity contribution >= 4 is 13.7 Å². The maximum atomic E-state index is 13.9. The van der Waals surface area contributed by atoms with Crippen molar-refractivity contribution in [3.05, 3.63) is 66.0 Å². The number of imidazole rings is 1. The summed E-state index contributed by atoms with van der Waals surface area (Å²) in [4.78, 5) is 4.26. The molecule has 1 aromatic carbocycles. The van der Waals surface area contributed by atoms with Gasteiger partial charge >= 0.3 is 0 Å². The number of nitriles is 1. The van der Waals surface area contributed by atoms with Crippen molar-refractivity contribution in [1.82, 2.24) is 19.2 Å². The maximum Gasteiger partial charge on any atom is 0.144 e. The van der Waals surface area contributed by atoms with Crippen molar-refractivity contribution in [2.75, 3.05) is 6.61 Å². The molecule has 4 aromatic rings. The molecule has 3 aromatic heterocycles. The van der Waals surface area contributed by atoms with Gasteiger partial charge in [0.1, 0.15) is 35.7 Å². The topological polar surface area (TPSA) is 68.1 Å². The molecule has 0 unspecified atom stereocenters. The fourth-order valence-corrected chi connectivity index (χ4v) is 4.22. The molecule has 0 aliphatic carbocycles. The van der Waals surface area contributed by atoms with Crippen LogP contribution in [0.3, 0.4) is 0 Å². The monoisotopic (exact) mass is 447 g/mol. The molecule has 0 aliphatic heterocycles. The number of rotatable bonds is 7. The molecule has 0 atom stereocenters. The number of fused-ring (bicyclic) bond motifs is 1. The van der Waals surface area contributed by atoms with Gasteiger partial charge < -0.3 is 4.74 Å². The van der Waals surface area contributed by atoms with E-state index in [1.807, 2.05) is 24.5 Å². The highest BCUT2D eigenvalue weighted by Crippen LogP contribution is 2.32. The Labute approximate surface area is 187 Å². The summed E-state index contributed by atoms with van der Waals surface area (Å²) in [5.41, 5.74) is 5.05. The molecular formula is C24H26FN5OSi. The number of benzene rings is 1. The van der Waals surface area contributed by atoms with Crippen LogP contribution in [0.2, 0.25) is 25.7 Å². The maximum absolute atomic E-state index is 13.9. The van der Waals surface area contributed by atoms with Crippen molar-refractivity contribution in [1.29, 1.82) is 5.26 Å². The molecule has 3 heterocycles. The van der Waals surface area contributed by atoms with Crippen molar-refractivity contribution in [3.8, 4) is 28.5 Å². The Morgan fingerprint density at radius 2 is 1.91 bits per heavy atom. The quantitative estimate of drug-likeness (QED) is 0.277. The second-order valence-corrected chi connectivity index (χ2v) is 14.8. The van der Waals surface area contributed by atoms with E-state index < -0.39 is 8.07 Å². The summed E-state index contributed by atoms with van der Waals surface area (Å²) in [6.45, 7) is 9.74. The number of aromatic nitrogens is 4. The van der Waals surface area contributed by atoms with Gasteiger partial charge in [-0.05, 0) is 48.9 Å². The van der Waals surface area contributed by atoms with Crippen molar-refractivity contribution < 1.29 is 9.13 Å². The Bertz CT molecular complexity index is 1310. The van der Waals surface area contributed by atoms with Crippen LogP contribution in [0, 0.1) is 24.1 Å². The number of halogens is 1. The SMILES string of the molecule is Cc1cc(-c2nn(COCC[Si](C)(C)C)cc2-c2ccc3ncc(C#N)n3c2)ccc1F. The first-order valence-corrected chi connectivity index (χ1v) is 14.3. The van der Waals surface area contributed by atoms with Crippen LogP contribution in [0.4, 0.5) is 4.39 Å². The molecule has 4 rings (SSSR count). The van der Waals surface area contributed by atoms with E-state index in [4.69, 9.17) is 9.84 Å². The zero-order valence-electron chi connectivity index (χ0n) is 18.8. The fraction of sp³-hybridized carbons (Fsp3) is 0.292. The predicted octanol–water partition coefficient (Wildman–Crippen LogP) is 5.50. The lowest BCUT2D eigenvalue weighted by Gasteiger charge is -2.15. The summed E-state index contributed by atoms with van der Waals surface area (Å²) < 4.78 is 23.3. The molecule has 0 saturated carbocycles. The predicted molar refractivity (Wildman–Crippen MR) is 125 cm³/mol. The third-order valence-electron chi connectivity index (χ3n) is 5.34. The minimum atomic E-state index is -1.17. The normalized spacial score (nSPS) is 11.8.